The minimum absolute atomic E-state index is 0.457. The first-order valence-corrected chi connectivity index (χ1v) is 6.51. The van der Waals surface area contributed by atoms with Gasteiger partial charge in [0.25, 0.3) is 0 Å². The highest BCUT2D eigenvalue weighted by atomic mass is 15.1. The number of aryl methyl sites for hydroxylation is 1. The van der Waals surface area contributed by atoms with Crippen molar-refractivity contribution in [3.05, 3.63) is 11.8 Å². The van der Waals surface area contributed by atoms with E-state index in [0.717, 1.165) is 17.9 Å². The fourth-order valence-corrected chi connectivity index (χ4v) is 1.65. The molecule has 0 saturated carbocycles. The second-order valence-electron chi connectivity index (χ2n) is 4.44. The molecule has 1 aromatic rings. The highest BCUT2D eigenvalue weighted by molar-refractivity contribution is 5.46. The van der Waals surface area contributed by atoms with Gasteiger partial charge in [0.15, 0.2) is 0 Å². The van der Waals surface area contributed by atoms with Crippen molar-refractivity contribution in [3.63, 3.8) is 0 Å². The quantitative estimate of drug-likeness (QED) is 0.763. The van der Waals surface area contributed by atoms with Gasteiger partial charge < -0.3 is 10.6 Å². The molecular formula is C13H24N4. The van der Waals surface area contributed by atoms with E-state index in [9.17, 15) is 0 Å². The lowest BCUT2D eigenvalue weighted by Crippen LogP contribution is -2.17. The number of hydrogen-bond acceptors (Lipinski definition) is 4. The Bertz CT molecular complexity index is 338. The second-order valence-corrected chi connectivity index (χ2v) is 4.44. The molecule has 1 unspecified atom stereocenters. The van der Waals surface area contributed by atoms with Crippen LogP contribution in [0.5, 0.6) is 0 Å². The molecule has 0 aliphatic rings. The molecule has 0 aromatic carbocycles. The average molecular weight is 236 g/mol. The fraction of sp³-hybridized carbons (Fsp3) is 0.692. The van der Waals surface area contributed by atoms with Crippen LogP contribution in [0.3, 0.4) is 0 Å². The first-order valence-electron chi connectivity index (χ1n) is 6.51. The van der Waals surface area contributed by atoms with Crippen molar-refractivity contribution < 1.29 is 0 Å². The van der Waals surface area contributed by atoms with E-state index in [1.807, 2.05) is 20.0 Å². The monoisotopic (exact) mass is 236 g/mol. The lowest BCUT2D eigenvalue weighted by molar-refractivity contribution is 0.642. The molecule has 1 aromatic heterocycles. The Balaban J connectivity index is 2.64. The molecule has 17 heavy (non-hydrogen) atoms. The van der Waals surface area contributed by atoms with E-state index in [0.29, 0.717) is 12.0 Å². The topological polar surface area (TPSA) is 49.8 Å². The molecule has 0 radical (unpaired) electrons. The summed E-state index contributed by atoms with van der Waals surface area (Å²) in [5.74, 6) is 1.64. The first kappa shape index (κ1) is 13.7. The van der Waals surface area contributed by atoms with E-state index in [-0.39, 0.29) is 0 Å². The lowest BCUT2D eigenvalue weighted by atomic mass is 10.1. The van der Waals surface area contributed by atoms with Crippen LogP contribution in [-0.2, 0) is 0 Å². The standard InChI is InChI=1S/C13H24N4/c1-5-7-8-11(4)16-12-10(3)9-15-13(17-12)14-6-2/h9,11H,5-8H2,1-4H3,(H2,14,15,16,17). The van der Waals surface area contributed by atoms with Gasteiger partial charge in [-0.3, -0.25) is 0 Å². The SMILES string of the molecule is CCCCC(C)Nc1nc(NCC)ncc1C. The molecule has 0 bridgehead atoms. The van der Waals surface area contributed by atoms with Gasteiger partial charge in [-0.2, -0.15) is 4.98 Å². The first-order chi connectivity index (χ1) is 8.17. The number of rotatable bonds is 7. The smallest absolute Gasteiger partial charge is 0.224 e. The average Bonchev–Trinajstić information content (AvgIpc) is 2.31. The van der Waals surface area contributed by atoms with Crippen LogP contribution >= 0.6 is 0 Å². The normalized spacial score (nSPS) is 12.2. The summed E-state index contributed by atoms with van der Waals surface area (Å²) < 4.78 is 0. The highest BCUT2D eigenvalue weighted by Crippen LogP contribution is 2.15. The number of unbranched alkanes of at least 4 members (excludes halogenated alkanes) is 1. The summed E-state index contributed by atoms with van der Waals surface area (Å²) in [7, 11) is 0. The number of hydrogen-bond donors (Lipinski definition) is 2. The minimum atomic E-state index is 0.457. The Morgan fingerprint density at radius 2 is 2.12 bits per heavy atom. The van der Waals surface area contributed by atoms with Gasteiger partial charge in [-0.15, -0.1) is 0 Å². The van der Waals surface area contributed by atoms with E-state index >= 15 is 0 Å². The van der Waals surface area contributed by atoms with Crippen molar-refractivity contribution in [2.45, 2.75) is 53.0 Å². The van der Waals surface area contributed by atoms with Crippen LogP contribution in [-0.4, -0.2) is 22.6 Å². The molecule has 1 atom stereocenters. The Morgan fingerprint density at radius 1 is 1.35 bits per heavy atom. The van der Waals surface area contributed by atoms with Crippen LogP contribution in [0.1, 0.15) is 45.6 Å². The third kappa shape index (κ3) is 4.59. The third-order valence-electron chi connectivity index (χ3n) is 2.68. The van der Waals surface area contributed by atoms with Crippen LogP contribution in [0.15, 0.2) is 6.20 Å². The van der Waals surface area contributed by atoms with E-state index in [2.05, 4.69) is 34.4 Å². The number of nitrogens with zero attached hydrogens (tertiary/aromatic N) is 2. The van der Waals surface area contributed by atoms with E-state index in [1.165, 1.54) is 19.3 Å². The number of aromatic nitrogens is 2. The van der Waals surface area contributed by atoms with Gasteiger partial charge in [0.1, 0.15) is 5.82 Å². The fourth-order valence-electron chi connectivity index (χ4n) is 1.65. The molecule has 2 N–H and O–H groups in total. The molecule has 4 nitrogen and oxygen atoms in total. The highest BCUT2D eigenvalue weighted by Gasteiger charge is 2.06. The molecule has 96 valence electrons. The van der Waals surface area contributed by atoms with Crippen molar-refractivity contribution in [2.24, 2.45) is 0 Å². The molecule has 0 aliphatic heterocycles. The molecule has 0 saturated heterocycles. The van der Waals surface area contributed by atoms with Gasteiger partial charge in [0.2, 0.25) is 5.95 Å². The van der Waals surface area contributed by atoms with Crippen LogP contribution in [0.2, 0.25) is 0 Å². The molecule has 0 amide bonds. The van der Waals surface area contributed by atoms with E-state index < -0.39 is 0 Å². The van der Waals surface area contributed by atoms with Crippen molar-refractivity contribution >= 4 is 11.8 Å². The zero-order chi connectivity index (χ0) is 12.7. The van der Waals surface area contributed by atoms with Gasteiger partial charge >= 0.3 is 0 Å². The van der Waals surface area contributed by atoms with Crippen LogP contribution in [0.25, 0.3) is 0 Å². The predicted molar refractivity (Wildman–Crippen MR) is 73.5 cm³/mol. The number of nitrogens with one attached hydrogen (secondary N) is 2. The Hall–Kier alpha value is -1.32. The molecule has 0 fully saturated rings. The number of anilines is 2. The third-order valence-corrected chi connectivity index (χ3v) is 2.68. The van der Waals surface area contributed by atoms with Crippen molar-refractivity contribution in [2.75, 3.05) is 17.2 Å². The maximum Gasteiger partial charge on any atom is 0.224 e. The van der Waals surface area contributed by atoms with Gasteiger partial charge in [-0.25, -0.2) is 4.98 Å². The van der Waals surface area contributed by atoms with Crippen LogP contribution < -0.4 is 10.6 Å². The zero-order valence-corrected chi connectivity index (χ0v) is 11.4. The van der Waals surface area contributed by atoms with Gasteiger partial charge in [-0.1, -0.05) is 19.8 Å². The maximum absolute atomic E-state index is 4.48. The summed E-state index contributed by atoms with van der Waals surface area (Å²) in [5.41, 5.74) is 1.09. The Labute approximate surface area is 104 Å². The Morgan fingerprint density at radius 3 is 2.76 bits per heavy atom. The molecular weight excluding hydrogens is 212 g/mol. The second kappa shape index (κ2) is 7.09. The summed E-state index contributed by atoms with van der Waals surface area (Å²) in [5, 5.41) is 6.58. The van der Waals surface area contributed by atoms with Gasteiger partial charge in [0, 0.05) is 24.3 Å². The summed E-state index contributed by atoms with van der Waals surface area (Å²) in [6.45, 7) is 9.33. The largest absolute Gasteiger partial charge is 0.367 e. The summed E-state index contributed by atoms with van der Waals surface area (Å²) in [4.78, 5) is 8.71. The minimum Gasteiger partial charge on any atom is -0.367 e. The van der Waals surface area contributed by atoms with E-state index in [4.69, 9.17) is 0 Å². The van der Waals surface area contributed by atoms with Gasteiger partial charge in [-0.05, 0) is 27.2 Å². The van der Waals surface area contributed by atoms with Gasteiger partial charge in [0.05, 0.1) is 0 Å². The maximum atomic E-state index is 4.48. The Kier molecular flexibility index (Phi) is 5.73. The van der Waals surface area contributed by atoms with E-state index in [1.54, 1.807) is 0 Å². The predicted octanol–water partition coefficient (Wildman–Crippen LogP) is 3.21. The zero-order valence-electron chi connectivity index (χ0n) is 11.4. The van der Waals surface area contributed by atoms with Crippen LogP contribution in [0, 0.1) is 6.92 Å². The molecule has 1 heterocycles. The van der Waals surface area contributed by atoms with Crippen molar-refractivity contribution in [3.8, 4) is 0 Å². The summed E-state index contributed by atoms with van der Waals surface area (Å²) in [6.07, 6.45) is 5.52. The van der Waals surface area contributed by atoms with Crippen molar-refractivity contribution in [1.29, 1.82) is 0 Å². The van der Waals surface area contributed by atoms with Crippen molar-refractivity contribution in [1.82, 2.24) is 9.97 Å². The molecule has 0 spiro atoms. The molecule has 4 heteroatoms. The summed E-state index contributed by atoms with van der Waals surface area (Å²) in [6, 6.07) is 0.457. The lowest BCUT2D eigenvalue weighted by Gasteiger charge is -2.16. The van der Waals surface area contributed by atoms with Crippen LogP contribution in [0.4, 0.5) is 11.8 Å². The summed E-state index contributed by atoms with van der Waals surface area (Å²) >= 11 is 0. The molecule has 1 rings (SSSR count). The molecule has 0 aliphatic carbocycles.